The van der Waals surface area contributed by atoms with Gasteiger partial charge in [-0.15, -0.1) is 0 Å². The number of amidine groups is 1. The standard InChI is InChI=1S/C30H31FN4O3/c31-25-15-22(21-2-1-3-23(14-21)32-27(36)19-4-5-19)8-9-24(25)26-33-30(11-12-30)29(38)35(26)17-18-10-13-34(16-18)28(37)20-6-7-20/h1-3,8-9,14-15,18-20H,4-7,10-13,16-17H2,(H,32,36). The van der Waals surface area contributed by atoms with Crippen LogP contribution in [0.25, 0.3) is 11.1 Å². The highest BCUT2D eigenvalue weighted by Gasteiger charge is 2.58. The van der Waals surface area contributed by atoms with Gasteiger partial charge in [-0.1, -0.05) is 18.2 Å². The quantitative estimate of drug-likeness (QED) is 0.601. The predicted molar refractivity (Wildman–Crippen MR) is 141 cm³/mol. The lowest BCUT2D eigenvalue weighted by atomic mass is 10.0. The second kappa shape index (κ2) is 8.75. The largest absolute Gasteiger partial charge is 0.342 e. The average molecular weight is 515 g/mol. The van der Waals surface area contributed by atoms with Gasteiger partial charge in [-0.3, -0.25) is 24.3 Å². The molecule has 7 rings (SSSR count). The summed E-state index contributed by atoms with van der Waals surface area (Å²) in [5, 5.41) is 2.94. The fourth-order valence-electron chi connectivity index (χ4n) is 5.75. The highest BCUT2D eigenvalue weighted by molar-refractivity contribution is 6.16. The molecule has 1 spiro atoms. The molecule has 3 saturated carbocycles. The number of halogens is 1. The number of hydrogen-bond donors (Lipinski definition) is 1. The van der Waals surface area contributed by atoms with Crippen LogP contribution >= 0.6 is 0 Å². The number of nitrogens with zero attached hydrogens (tertiary/aromatic N) is 3. The van der Waals surface area contributed by atoms with E-state index in [4.69, 9.17) is 4.99 Å². The van der Waals surface area contributed by atoms with Crippen molar-refractivity contribution in [3.05, 3.63) is 53.8 Å². The molecule has 1 unspecified atom stereocenters. The van der Waals surface area contributed by atoms with E-state index in [2.05, 4.69) is 5.32 Å². The second-order valence-electron chi connectivity index (χ2n) is 11.6. The number of amides is 3. The highest BCUT2D eigenvalue weighted by Crippen LogP contribution is 2.46. The van der Waals surface area contributed by atoms with Crippen molar-refractivity contribution in [2.75, 3.05) is 25.0 Å². The van der Waals surface area contributed by atoms with Gasteiger partial charge in [0.15, 0.2) is 0 Å². The lowest BCUT2D eigenvalue weighted by Gasteiger charge is -2.24. The maximum absolute atomic E-state index is 15.6. The third-order valence-corrected chi connectivity index (χ3v) is 8.53. The van der Waals surface area contributed by atoms with Gasteiger partial charge in [0, 0.05) is 37.2 Å². The van der Waals surface area contributed by atoms with Crippen LogP contribution in [0.15, 0.2) is 47.5 Å². The molecule has 1 N–H and O–H groups in total. The Morgan fingerprint density at radius 2 is 1.76 bits per heavy atom. The average Bonchev–Trinajstić information content (AvgIpc) is 3.79. The van der Waals surface area contributed by atoms with E-state index >= 15 is 4.39 Å². The van der Waals surface area contributed by atoms with Crippen LogP contribution in [0, 0.1) is 23.6 Å². The Morgan fingerprint density at radius 1 is 1.00 bits per heavy atom. The van der Waals surface area contributed by atoms with E-state index < -0.39 is 11.4 Å². The Kier molecular flexibility index (Phi) is 5.42. The van der Waals surface area contributed by atoms with E-state index in [1.54, 1.807) is 11.0 Å². The first-order valence-corrected chi connectivity index (χ1v) is 13.8. The van der Waals surface area contributed by atoms with Crippen LogP contribution in [0.2, 0.25) is 0 Å². The molecule has 1 saturated heterocycles. The monoisotopic (exact) mass is 514 g/mol. The third kappa shape index (κ3) is 4.29. The molecule has 2 aromatic rings. The highest BCUT2D eigenvalue weighted by atomic mass is 19.1. The van der Waals surface area contributed by atoms with Crippen LogP contribution in [0.3, 0.4) is 0 Å². The van der Waals surface area contributed by atoms with Gasteiger partial charge < -0.3 is 10.2 Å². The number of carbonyl (C=O) groups excluding carboxylic acids is 3. The van der Waals surface area contributed by atoms with Gasteiger partial charge in [0.1, 0.15) is 17.2 Å². The number of rotatable bonds is 7. The maximum Gasteiger partial charge on any atom is 0.256 e. The SMILES string of the molecule is O=C(Nc1cccc(-c2ccc(C3=NC4(CC4)C(=O)N3CC3CCN(C(=O)C4CC4)C3)c(F)c2)c1)C1CC1. The number of nitrogens with one attached hydrogen (secondary N) is 1. The first-order chi connectivity index (χ1) is 18.4. The summed E-state index contributed by atoms with van der Waals surface area (Å²) in [6.07, 6.45) is 6.07. The molecular weight excluding hydrogens is 483 g/mol. The van der Waals surface area contributed by atoms with Crippen molar-refractivity contribution in [2.45, 2.75) is 50.5 Å². The lowest BCUT2D eigenvalue weighted by molar-refractivity contribution is -0.131. The maximum atomic E-state index is 15.6. The van der Waals surface area contributed by atoms with Crippen molar-refractivity contribution < 1.29 is 18.8 Å². The number of anilines is 1. The van der Waals surface area contributed by atoms with E-state index in [0.717, 1.165) is 44.2 Å². The number of aliphatic imine (C=N–C) groups is 1. The van der Waals surface area contributed by atoms with Crippen molar-refractivity contribution in [3.63, 3.8) is 0 Å². The van der Waals surface area contributed by atoms with Crippen molar-refractivity contribution in [3.8, 4) is 11.1 Å². The summed E-state index contributed by atoms with van der Waals surface area (Å²) in [7, 11) is 0. The molecule has 1 atom stereocenters. The third-order valence-electron chi connectivity index (χ3n) is 8.53. The van der Waals surface area contributed by atoms with Crippen LogP contribution in [-0.4, -0.2) is 58.5 Å². The summed E-state index contributed by atoms with van der Waals surface area (Å²) in [6.45, 7) is 1.83. The van der Waals surface area contributed by atoms with Crippen LogP contribution in [0.4, 0.5) is 10.1 Å². The Hall–Kier alpha value is -3.55. The molecule has 0 aromatic heterocycles. The molecule has 2 heterocycles. The Bertz CT molecular complexity index is 1380. The first-order valence-electron chi connectivity index (χ1n) is 13.8. The molecule has 8 heteroatoms. The molecule has 5 aliphatic rings. The molecule has 196 valence electrons. The zero-order chi connectivity index (χ0) is 26.0. The van der Waals surface area contributed by atoms with Gasteiger partial charge in [-0.25, -0.2) is 4.39 Å². The van der Waals surface area contributed by atoms with Crippen LogP contribution < -0.4 is 5.32 Å². The summed E-state index contributed by atoms with van der Waals surface area (Å²) >= 11 is 0. The van der Waals surface area contributed by atoms with Crippen molar-refractivity contribution >= 4 is 29.2 Å². The van der Waals surface area contributed by atoms with Gasteiger partial charge in [-0.05, 0) is 86.3 Å². The van der Waals surface area contributed by atoms with Crippen molar-refractivity contribution in [2.24, 2.45) is 22.7 Å². The molecule has 3 amide bonds. The minimum Gasteiger partial charge on any atom is -0.342 e. The van der Waals surface area contributed by atoms with E-state index in [-0.39, 0.29) is 35.5 Å². The van der Waals surface area contributed by atoms with Crippen molar-refractivity contribution in [1.82, 2.24) is 9.80 Å². The Balaban J connectivity index is 1.11. The molecule has 38 heavy (non-hydrogen) atoms. The molecule has 3 aliphatic carbocycles. The molecule has 2 aromatic carbocycles. The fraction of sp³-hybridized carbons (Fsp3) is 0.467. The lowest BCUT2D eigenvalue weighted by Crippen LogP contribution is -2.41. The molecule has 2 aliphatic heterocycles. The summed E-state index contributed by atoms with van der Waals surface area (Å²) in [5.74, 6) is 0.675. The zero-order valence-electron chi connectivity index (χ0n) is 21.3. The van der Waals surface area contributed by atoms with Gasteiger partial charge >= 0.3 is 0 Å². The van der Waals surface area contributed by atoms with Crippen molar-refractivity contribution in [1.29, 1.82) is 0 Å². The minimum absolute atomic E-state index is 0.0315. The normalized spacial score (nSPS) is 23.7. The summed E-state index contributed by atoms with van der Waals surface area (Å²) < 4.78 is 15.6. The number of likely N-dealkylation sites (tertiary alicyclic amines) is 1. The van der Waals surface area contributed by atoms with Gasteiger partial charge in [0.05, 0.1) is 5.56 Å². The summed E-state index contributed by atoms with van der Waals surface area (Å²) in [5.41, 5.74) is 1.79. The molecule has 7 nitrogen and oxygen atoms in total. The topological polar surface area (TPSA) is 82.1 Å². The molecule has 4 fully saturated rings. The van der Waals surface area contributed by atoms with Crippen LogP contribution in [-0.2, 0) is 14.4 Å². The van der Waals surface area contributed by atoms with E-state index in [1.165, 1.54) is 6.07 Å². The summed E-state index contributed by atoms with van der Waals surface area (Å²) in [6, 6.07) is 12.5. The Labute approximate surface area is 221 Å². The fourth-order valence-corrected chi connectivity index (χ4v) is 5.75. The van der Waals surface area contributed by atoms with Gasteiger partial charge in [0.25, 0.3) is 5.91 Å². The van der Waals surface area contributed by atoms with Crippen LogP contribution in [0.5, 0.6) is 0 Å². The summed E-state index contributed by atoms with van der Waals surface area (Å²) in [4.78, 5) is 46.4. The zero-order valence-corrected chi connectivity index (χ0v) is 21.3. The number of carbonyl (C=O) groups is 3. The molecular formula is C30H31FN4O3. The van der Waals surface area contributed by atoms with Crippen LogP contribution in [0.1, 0.15) is 50.5 Å². The van der Waals surface area contributed by atoms with Gasteiger partial charge in [0.2, 0.25) is 11.8 Å². The van der Waals surface area contributed by atoms with E-state index in [0.29, 0.717) is 48.6 Å². The van der Waals surface area contributed by atoms with E-state index in [9.17, 15) is 14.4 Å². The smallest absolute Gasteiger partial charge is 0.256 e. The first kappa shape index (κ1) is 23.6. The Morgan fingerprint density at radius 3 is 2.47 bits per heavy atom. The molecule has 0 bridgehead atoms. The second-order valence-corrected chi connectivity index (χ2v) is 11.6. The molecule has 0 radical (unpaired) electrons. The number of hydrogen-bond acceptors (Lipinski definition) is 4. The van der Waals surface area contributed by atoms with E-state index in [1.807, 2.05) is 35.2 Å². The number of benzene rings is 2. The van der Waals surface area contributed by atoms with Gasteiger partial charge in [-0.2, -0.15) is 0 Å². The minimum atomic E-state index is -0.726. The predicted octanol–water partition coefficient (Wildman–Crippen LogP) is 4.22.